The van der Waals surface area contributed by atoms with Gasteiger partial charge in [-0.3, -0.25) is 4.79 Å². The molecule has 1 amide bonds. The number of amides is 1. The number of ether oxygens (including phenoxy) is 1. The maximum Gasteiger partial charge on any atom is 0.338 e. The van der Waals surface area contributed by atoms with Gasteiger partial charge in [0.25, 0.3) is 0 Å². The van der Waals surface area contributed by atoms with Gasteiger partial charge in [0.15, 0.2) is 0 Å². The van der Waals surface area contributed by atoms with Crippen molar-refractivity contribution in [3.05, 3.63) is 23.8 Å². The van der Waals surface area contributed by atoms with Crippen molar-refractivity contribution in [3.8, 4) is 0 Å². The van der Waals surface area contributed by atoms with Crippen molar-refractivity contribution < 1.29 is 14.3 Å². The first-order valence-electron chi connectivity index (χ1n) is 7.11. The van der Waals surface area contributed by atoms with Gasteiger partial charge < -0.3 is 20.7 Å². The second-order valence-electron chi connectivity index (χ2n) is 4.41. The lowest BCUT2D eigenvalue weighted by Gasteiger charge is -2.13. The summed E-state index contributed by atoms with van der Waals surface area (Å²) in [7, 11) is 1.79. The van der Waals surface area contributed by atoms with E-state index in [9.17, 15) is 9.59 Å². The van der Waals surface area contributed by atoms with Crippen molar-refractivity contribution >= 4 is 23.3 Å². The predicted octanol–water partition coefficient (Wildman–Crippen LogP) is 1.84. The molecule has 0 saturated heterocycles. The van der Waals surface area contributed by atoms with E-state index in [4.69, 9.17) is 4.74 Å². The first-order valence-corrected chi connectivity index (χ1v) is 7.11. The van der Waals surface area contributed by atoms with Gasteiger partial charge in [-0.1, -0.05) is 0 Å². The van der Waals surface area contributed by atoms with E-state index in [1.54, 1.807) is 32.2 Å². The van der Waals surface area contributed by atoms with Gasteiger partial charge in [-0.2, -0.15) is 0 Å². The Balaban J connectivity index is 2.92. The predicted molar refractivity (Wildman–Crippen MR) is 83.7 cm³/mol. The number of nitrogens with one attached hydrogen (secondary N) is 3. The maximum atomic E-state index is 11.8. The zero-order valence-corrected chi connectivity index (χ0v) is 12.8. The Morgan fingerprint density at radius 2 is 1.95 bits per heavy atom. The van der Waals surface area contributed by atoms with Crippen LogP contribution in [0.4, 0.5) is 11.4 Å². The Hall–Kier alpha value is -2.08. The fraction of sp³-hybridized carbons (Fsp3) is 0.467. The van der Waals surface area contributed by atoms with Gasteiger partial charge in [0.1, 0.15) is 0 Å². The standard InChI is InChI=1S/C15H23N3O3/c1-4-17-12-7-6-11(15(20)21-5-2)10-13(12)18-14(19)8-9-16-3/h6-7,10,16-17H,4-5,8-9H2,1-3H3,(H,18,19). The number of esters is 1. The molecule has 3 N–H and O–H groups in total. The molecule has 6 heteroatoms. The number of anilines is 2. The molecule has 6 nitrogen and oxygen atoms in total. The Morgan fingerprint density at radius 3 is 2.57 bits per heavy atom. The monoisotopic (exact) mass is 293 g/mol. The van der Waals surface area contributed by atoms with Crippen LogP contribution in [-0.2, 0) is 9.53 Å². The van der Waals surface area contributed by atoms with E-state index in [2.05, 4.69) is 16.0 Å². The van der Waals surface area contributed by atoms with E-state index in [0.29, 0.717) is 30.8 Å². The van der Waals surface area contributed by atoms with Gasteiger partial charge in [-0.05, 0) is 39.1 Å². The minimum atomic E-state index is -0.397. The van der Waals surface area contributed by atoms with Gasteiger partial charge >= 0.3 is 5.97 Å². The molecule has 0 aliphatic carbocycles. The minimum absolute atomic E-state index is 0.107. The highest BCUT2D eigenvalue weighted by molar-refractivity contribution is 5.98. The van der Waals surface area contributed by atoms with E-state index < -0.39 is 5.97 Å². The minimum Gasteiger partial charge on any atom is -0.462 e. The van der Waals surface area contributed by atoms with Crippen molar-refractivity contribution in [2.75, 3.05) is 37.4 Å². The average Bonchev–Trinajstić information content (AvgIpc) is 2.47. The number of hydrogen-bond donors (Lipinski definition) is 3. The first-order chi connectivity index (χ1) is 10.1. The molecule has 21 heavy (non-hydrogen) atoms. The van der Waals surface area contributed by atoms with Crippen LogP contribution in [0.25, 0.3) is 0 Å². The van der Waals surface area contributed by atoms with E-state index in [-0.39, 0.29) is 5.91 Å². The second-order valence-corrected chi connectivity index (χ2v) is 4.41. The number of rotatable bonds is 8. The lowest BCUT2D eigenvalue weighted by Crippen LogP contribution is -2.19. The van der Waals surface area contributed by atoms with Crippen LogP contribution in [0.15, 0.2) is 18.2 Å². The summed E-state index contributed by atoms with van der Waals surface area (Å²) in [5.41, 5.74) is 1.79. The molecule has 0 spiro atoms. The Morgan fingerprint density at radius 1 is 1.19 bits per heavy atom. The number of carbonyl (C=O) groups is 2. The summed E-state index contributed by atoms with van der Waals surface area (Å²) < 4.78 is 4.97. The molecule has 116 valence electrons. The summed E-state index contributed by atoms with van der Waals surface area (Å²) >= 11 is 0. The van der Waals surface area contributed by atoms with E-state index in [1.165, 1.54) is 0 Å². The molecule has 0 unspecified atom stereocenters. The third kappa shape index (κ3) is 5.43. The highest BCUT2D eigenvalue weighted by Gasteiger charge is 2.12. The normalized spacial score (nSPS) is 10.0. The molecule has 1 aromatic carbocycles. The van der Waals surface area contributed by atoms with Gasteiger partial charge in [0.05, 0.1) is 23.5 Å². The van der Waals surface area contributed by atoms with Crippen molar-refractivity contribution in [1.29, 1.82) is 0 Å². The third-order valence-electron chi connectivity index (χ3n) is 2.77. The van der Waals surface area contributed by atoms with E-state index >= 15 is 0 Å². The first kappa shape index (κ1) is 17.0. The highest BCUT2D eigenvalue weighted by atomic mass is 16.5. The maximum absolute atomic E-state index is 11.8. The molecule has 1 aromatic rings. The lowest BCUT2D eigenvalue weighted by molar-refractivity contribution is -0.116. The number of carbonyl (C=O) groups excluding carboxylic acids is 2. The molecule has 0 aliphatic rings. The Bertz CT molecular complexity index is 489. The van der Waals surface area contributed by atoms with Crippen LogP contribution in [0.1, 0.15) is 30.6 Å². The summed E-state index contributed by atoms with van der Waals surface area (Å²) in [5.74, 6) is -0.504. The Labute approximate surface area is 125 Å². The molecule has 0 radical (unpaired) electrons. The molecule has 0 bridgehead atoms. The lowest BCUT2D eigenvalue weighted by atomic mass is 10.1. The number of benzene rings is 1. The Kier molecular flexibility index (Phi) is 7.25. The van der Waals surface area contributed by atoms with Crippen LogP contribution < -0.4 is 16.0 Å². The summed E-state index contributed by atoms with van der Waals surface area (Å²) in [6, 6.07) is 5.08. The molecule has 0 aromatic heterocycles. The SMILES string of the molecule is CCNc1ccc(C(=O)OCC)cc1NC(=O)CCNC. The summed E-state index contributed by atoms with van der Waals surface area (Å²) in [4.78, 5) is 23.6. The van der Waals surface area contributed by atoms with E-state index in [1.807, 2.05) is 6.92 Å². The van der Waals surface area contributed by atoms with Crippen molar-refractivity contribution in [2.24, 2.45) is 0 Å². The summed E-state index contributed by atoms with van der Waals surface area (Å²) in [6.07, 6.45) is 0.367. The highest BCUT2D eigenvalue weighted by Crippen LogP contribution is 2.24. The zero-order valence-electron chi connectivity index (χ0n) is 12.8. The molecular weight excluding hydrogens is 270 g/mol. The quantitative estimate of drug-likeness (QED) is 0.637. The largest absolute Gasteiger partial charge is 0.462 e. The van der Waals surface area contributed by atoms with Crippen LogP contribution in [0.3, 0.4) is 0 Å². The molecule has 1 rings (SSSR count). The van der Waals surface area contributed by atoms with Gasteiger partial charge in [0.2, 0.25) is 5.91 Å². The van der Waals surface area contributed by atoms with Crippen LogP contribution in [0.5, 0.6) is 0 Å². The van der Waals surface area contributed by atoms with Crippen molar-refractivity contribution in [3.63, 3.8) is 0 Å². The smallest absolute Gasteiger partial charge is 0.338 e. The van der Waals surface area contributed by atoms with Gasteiger partial charge in [-0.25, -0.2) is 4.79 Å². The molecule has 0 atom stereocenters. The van der Waals surface area contributed by atoms with Crippen molar-refractivity contribution in [1.82, 2.24) is 5.32 Å². The van der Waals surface area contributed by atoms with Crippen LogP contribution in [-0.4, -0.2) is 38.6 Å². The van der Waals surface area contributed by atoms with Gasteiger partial charge in [0, 0.05) is 19.5 Å². The molecule has 0 heterocycles. The molecule has 0 aliphatic heterocycles. The second kappa shape index (κ2) is 8.97. The topological polar surface area (TPSA) is 79.5 Å². The van der Waals surface area contributed by atoms with Gasteiger partial charge in [-0.15, -0.1) is 0 Å². The summed E-state index contributed by atoms with van der Waals surface area (Å²) in [5, 5.41) is 8.89. The van der Waals surface area contributed by atoms with Crippen LogP contribution in [0, 0.1) is 0 Å². The van der Waals surface area contributed by atoms with Crippen LogP contribution >= 0.6 is 0 Å². The fourth-order valence-electron chi connectivity index (χ4n) is 1.78. The fourth-order valence-corrected chi connectivity index (χ4v) is 1.78. The van der Waals surface area contributed by atoms with Crippen molar-refractivity contribution in [2.45, 2.75) is 20.3 Å². The summed E-state index contributed by atoms with van der Waals surface area (Å²) in [6.45, 7) is 5.35. The average molecular weight is 293 g/mol. The number of hydrogen-bond acceptors (Lipinski definition) is 5. The van der Waals surface area contributed by atoms with E-state index in [0.717, 1.165) is 12.2 Å². The zero-order chi connectivity index (χ0) is 15.7. The molecule has 0 fully saturated rings. The molecule has 0 saturated carbocycles. The van der Waals surface area contributed by atoms with Crippen LogP contribution in [0.2, 0.25) is 0 Å². The molecular formula is C15H23N3O3. The third-order valence-corrected chi connectivity index (χ3v) is 2.77.